The lowest BCUT2D eigenvalue weighted by Crippen LogP contribution is -2.22. The van der Waals surface area contributed by atoms with Crippen LogP contribution < -0.4 is 4.90 Å². The fourth-order valence-corrected chi connectivity index (χ4v) is 2.78. The van der Waals surface area contributed by atoms with Crippen molar-refractivity contribution >= 4 is 22.6 Å². The molecule has 27 heavy (non-hydrogen) atoms. The van der Waals surface area contributed by atoms with Crippen LogP contribution in [0.15, 0.2) is 64.8 Å². The summed E-state index contributed by atoms with van der Waals surface area (Å²) in [4.78, 5) is 1.91. The first-order valence-electron chi connectivity index (χ1n) is 8.34. The zero-order valence-corrected chi connectivity index (χ0v) is 14.4. The predicted octanol–water partition coefficient (Wildman–Crippen LogP) is 3.07. The molecule has 3 rings (SSSR count). The first-order chi connectivity index (χ1) is 13.1. The summed E-state index contributed by atoms with van der Waals surface area (Å²) in [6.45, 7) is 0.804. The van der Waals surface area contributed by atoms with E-state index < -0.39 is 12.2 Å². The normalized spacial score (nSPS) is 19.9. The number of anilines is 1. The van der Waals surface area contributed by atoms with Gasteiger partial charge in [0, 0.05) is 24.9 Å². The van der Waals surface area contributed by atoms with Crippen LogP contribution in [0.4, 0.5) is 17.1 Å². The van der Waals surface area contributed by atoms with Crippen molar-refractivity contribution < 1.29 is 10.2 Å². The molecule has 2 aromatic rings. The third-order valence-electron chi connectivity index (χ3n) is 4.26. The van der Waals surface area contributed by atoms with Crippen LogP contribution in [0, 0.1) is 22.7 Å². The molecule has 134 valence electrons. The van der Waals surface area contributed by atoms with Gasteiger partial charge in [0.15, 0.2) is 0 Å². The Kier molecular flexibility index (Phi) is 5.58. The highest BCUT2D eigenvalue weighted by molar-refractivity contribution is 5.78. The molecule has 1 aliphatic rings. The Labute approximate surface area is 156 Å². The van der Waals surface area contributed by atoms with Crippen LogP contribution in [0.3, 0.4) is 0 Å². The van der Waals surface area contributed by atoms with Gasteiger partial charge in [-0.25, -0.2) is 0 Å². The average Bonchev–Trinajstić information content (AvgIpc) is 3.04. The molecule has 0 aliphatic carbocycles. The smallest absolute Gasteiger partial charge is 0.101 e. The van der Waals surface area contributed by atoms with Gasteiger partial charge in [-0.1, -0.05) is 12.1 Å². The van der Waals surface area contributed by atoms with Crippen molar-refractivity contribution in [3.05, 3.63) is 60.2 Å². The number of nitrogens with zero attached hydrogens (tertiary/aromatic N) is 5. The number of allylic oxidation sites excluding steroid dienone is 2. The maximum Gasteiger partial charge on any atom is 0.101 e. The number of rotatable bonds is 4. The number of nitriles is 2. The Hall–Kier alpha value is -3.52. The lowest BCUT2D eigenvalue weighted by Gasteiger charge is -2.17. The van der Waals surface area contributed by atoms with Crippen molar-refractivity contribution in [1.82, 2.24) is 0 Å². The molecule has 0 spiro atoms. The molecule has 2 N–H and O–H groups in total. The van der Waals surface area contributed by atoms with Gasteiger partial charge in [0.1, 0.15) is 6.07 Å². The van der Waals surface area contributed by atoms with Crippen LogP contribution in [0.2, 0.25) is 0 Å². The molecule has 0 bridgehead atoms. The Morgan fingerprint density at radius 3 is 1.93 bits per heavy atom. The Morgan fingerprint density at radius 2 is 1.44 bits per heavy atom. The van der Waals surface area contributed by atoms with Gasteiger partial charge >= 0.3 is 0 Å². The van der Waals surface area contributed by atoms with Crippen LogP contribution in [0.1, 0.15) is 5.56 Å². The predicted molar refractivity (Wildman–Crippen MR) is 100 cm³/mol. The second kappa shape index (κ2) is 8.24. The van der Waals surface area contributed by atoms with E-state index in [1.165, 1.54) is 6.08 Å². The number of azo groups is 1. The quantitative estimate of drug-likeness (QED) is 0.643. The maximum absolute atomic E-state index is 9.63. The minimum absolute atomic E-state index is 0.300. The molecule has 0 radical (unpaired) electrons. The van der Waals surface area contributed by atoms with Crippen LogP contribution in [-0.2, 0) is 0 Å². The zero-order chi connectivity index (χ0) is 19.2. The second-order valence-corrected chi connectivity index (χ2v) is 6.10. The molecule has 1 aliphatic heterocycles. The molecule has 2 aromatic carbocycles. The second-order valence-electron chi connectivity index (χ2n) is 6.10. The van der Waals surface area contributed by atoms with E-state index in [0.717, 1.165) is 5.69 Å². The van der Waals surface area contributed by atoms with Crippen molar-refractivity contribution in [1.29, 1.82) is 10.5 Å². The monoisotopic (exact) mass is 359 g/mol. The van der Waals surface area contributed by atoms with E-state index in [1.54, 1.807) is 24.3 Å². The van der Waals surface area contributed by atoms with Crippen molar-refractivity contribution in [3.8, 4) is 12.1 Å². The van der Waals surface area contributed by atoms with E-state index in [4.69, 9.17) is 10.5 Å². The molecule has 0 aromatic heterocycles. The topological polar surface area (TPSA) is 116 Å². The van der Waals surface area contributed by atoms with Crippen LogP contribution >= 0.6 is 0 Å². The van der Waals surface area contributed by atoms with Gasteiger partial charge in [0.25, 0.3) is 0 Å². The van der Waals surface area contributed by atoms with Crippen LogP contribution in [0.5, 0.6) is 0 Å². The molecule has 7 nitrogen and oxygen atoms in total. The molecule has 1 saturated heterocycles. The lowest BCUT2D eigenvalue weighted by atomic mass is 10.1. The highest BCUT2D eigenvalue weighted by Crippen LogP contribution is 2.25. The number of benzene rings is 2. The average molecular weight is 359 g/mol. The third kappa shape index (κ3) is 4.36. The number of hydrogen-bond acceptors (Lipinski definition) is 7. The summed E-state index contributed by atoms with van der Waals surface area (Å²) in [5, 5.41) is 45.3. The van der Waals surface area contributed by atoms with Gasteiger partial charge in [0.05, 0.1) is 35.2 Å². The summed E-state index contributed by atoms with van der Waals surface area (Å²) in [7, 11) is 0. The number of aliphatic hydroxyl groups is 2. The molecular weight excluding hydrogens is 342 g/mol. The fraction of sp³-hybridized carbons (Fsp3) is 0.200. The Bertz CT molecular complexity index is 926. The molecule has 2 atom stereocenters. The summed E-state index contributed by atoms with van der Waals surface area (Å²) in [6, 6.07) is 18.1. The van der Waals surface area contributed by atoms with E-state index in [0.29, 0.717) is 35.6 Å². The summed E-state index contributed by atoms with van der Waals surface area (Å²) in [5.74, 6) is 0. The molecule has 1 heterocycles. The minimum Gasteiger partial charge on any atom is -0.389 e. The molecule has 0 amide bonds. The molecule has 7 heteroatoms. The number of aliphatic hydroxyl groups excluding tert-OH is 2. The molecule has 1 fully saturated rings. The summed E-state index contributed by atoms with van der Waals surface area (Å²) >= 11 is 0. The maximum atomic E-state index is 9.63. The van der Waals surface area contributed by atoms with E-state index in [-0.39, 0.29) is 0 Å². The van der Waals surface area contributed by atoms with Gasteiger partial charge in [-0.3, -0.25) is 0 Å². The fourth-order valence-electron chi connectivity index (χ4n) is 2.78. The summed E-state index contributed by atoms with van der Waals surface area (Å²) in [6.07, 6.45) is -0.245. The van der Waals surface area contributed by atoms with Gasteiger partial charge in [-0.05, 0) is 42.0 Å². The van der Waals surface area contributed by atoms with Crippen molar-refractivity contribution in [2.45, 2.75) is 12.2 Å². The highest BCUT2D eigenvalue weighted by atomic mass is 16.3. The third-order valence-corrected chi connectivity index (χ3v) is 4.26. The minimum atomic E-state index is -0.725. The summed E-state index contributed by atoms with van der Waals surface area (Å²) < 4.78 is 0. The standard InChI is InChI=1S/C20H17N5O2/c21-10-9-15(11-22)14-1-3-16(4-2-14)23-24-17-5-7-18(8-6-17)25-12-19(26)20(27)13-25/h1-9,19-20,26-27H,12-13H2/b15-9+,24-23?. The molecular formula is C20H17N5O2. The van der Waals surface area contributed by atoms with Gasteiger partial charge in [0.2, 0.25) is 0 Å². The molecule has 0 saturated carbocycles. The Morgan fingerprint density at radius 1 is 0.926 bits per heavy atom. The molecule has 2 unspecified atom stereocenters. The lowest BCUT2D eigenvalue weighted by molar-refractivity contribution is 0.0572. The number of hydrogen-bond donors (Lipinski definition) is 2. The highest BCUT2D eigenvalue weighted by Gasteiger charge is 2.29. The largest absolute Gasteiger partial charge is 0.389 e. The van der Waals surface area contributed by atoms with E-state index in [1.807, 2.05) is 41.3 Å². The van der Waals surface area contributed by atoms with Gasteiger partial charge in [-0.2, -0.15) is 20.8 Å². The van der Waals surface area contributed by atoms with E-state index in [9.17, 15) is 10.2 Å². The van der Waals surface area contributed by atoms with Crippen molar-refractivity contribution in [2.24, 2.45) is 10.2 Å². The van der Waals surface area contributed by atoms with Gasteiger partial charge < -0.3 is 15.1 Å². The van der Waals surface area contributed by atoms with Crippen LogP contribution in [-0.4, -0.2) is 35.5 Å². The van der Waals surface area contributed by atoms with E-state index >= 15 is 0 Å². The zero-order valence-electron chi connectivity index (χ0n) is 14.4. The first kappa shape index (κ1) is 18.3. The summed E-state index contributed by atoms with van der Waals surface area (Å²) in [5.41, 5.74) is 3.15. The SMILES string of the molecule is N#C/C=C(\C#N)c1ccc(N=Nc2ccc(N3CC(O)C(O)C3)cc2)cc1. The number of β-amino-alcohol motifs (C(OH)–C–C–N with tert-alkyl or cyclic N) is 2. The first-order valence-corrected chi connectivity index (χ1v) is 8.34. The Balaban J connectivity index is 1.67. The van der Waals surface area contributed by atoms with Gasteiger partial charge in [-0.15, -0.1) is 0 Å². The van der Waals surface area contributed by atoms with Crippen molar-refractivity contribution in [2.75, 3.05) is 18.0 Å². The van der Waals surface area contributed by atoms with Crippen LogP contribution in [0.25, 0.3) is 5.57 Å². The van der Waals surface area contributed by atoms with Crippen molar-refractivity contribution in [3.63, 3.8) is 0 Å². The van der Waals surface area contributed by atoms with E-state index in [2.05, 4.69) is 10.2 Å².